The van der Waals surface area contributed by atoms with E-state index in [0.29, 0.717) is 5.89 Å². The van der Waals surface area contributed by atoms with Crippen molar-refractivity contribution in [3.8, 4) is 0 Å². The molecule has 1 N–H and O–H groups in total. The molecule has 0 saturated carbocycles. The van der Waals surface area contributed by atoms with E-state index < -0.39 is 11.5 Å². The molecule has 0 fully saturated rings. The molecule has 0 aliphatic carbocycles. The quantitative estimate of drug-likeness (QED) is 0.855. The summed E-state index contributed by atoms with van der Waals surface area (Å²) in [6, 6.07) is 2.29. The van der Waals surface area contributed by atoms with E-state index in [9.17, 15) is 9.59 Å². The molecular weight excluding hydrogens is 252 g/mol. The molecule has 8 heteroatoms. The minimum absolute atomic E-state index is 0.0316. The summed E-state index contributed by atoms with van der Waals surface area (Å²) in [5, 5.41) is 16.2. The molecule has 2 aromatic rings. The van der Waals surface area contributed by atoms with Gasteiger partial charge in [0.15, 0.2) is 11.5 Å². The van der Waals surface area contributed by atoms with Crippen molar-refractivity contribution in [3.63, 3.8) is 0 Å². The van der Waals surface area contributed by atoms with Crippen molar-refractivity contribution in [2.75, 3.05) is 0 Å². The van der Waals surface area contributed by atoms with Crippen LogP contribution in [0.2, 0.25) is 0 Å². The highest BCUT2D eigenvalue weighted by atomic mass is 16.5. The molecule has 0 saturated heterocycles. The van der Waals surface area contributed by atoms with Gasteiger partial charge in [-0.3, -0.25) is 4.79 Å². The number of carboxylic acids is 1. The number of carbonyl (C=O) groups is 1. The molecule has 2 rings (SSSR count). The van der Waals surface area contributed by atoms with Crippen LogP contribution in [-0.4, -0.2) is 31.0 Å². The number of carboxylic acid groups (broad SMARTS) is 1. The van der Waals surface area contributed by atoms with Crippen LogP contribution in [0.4, 0.5) is 0 Å². The Bertz CT molecular complexity index is 659. The van der Waals surface area contributed by atoms with Crippen molar-refractivity contribution in [2.24, 2.45) is 0 Å². The third-order valence-corrected chi connectivity index (χ3v) is 2.35. The first kappa shape index (κ1) is 12.9. The molecule has 0 aromatic carbocycles. The average Bonchev–Trinajstić information content (AvgIpc) is 2.80. The Morgan fingerprint density at radius 3 is 2.79 bits per heavy atom. The molecule has 0 amide bonds. The zero-order valence-electron chi connectivity index (χ0n) is 10.4. The smallest absolute Gasteiger partial charge is 0.356 e. The van der Waals surface area contributed by atoms with Crippen molar-refractivity contribution in [1.82, 2.24) is 19.9 Å². The molecule has 2 heterocycles. The van der Waals surface area contributed by atoms with Crippen LogP contribution in [0.5, 0.6) is 0 Å². The number of rotatable bonds is 4. The lowest BCUT2D eigenvalue weighted by atomic mass is 10.2. The number of nitrogens with zero attached hydrogens (tertiary/aromatic N) is 4. The monoisotopic (exact) mass is 264 g/mol. The Balaban J connectivity index is 2.29. The zero-order valence-corrected chi connectivity index (χ0v) is 10.4. The second kappa shape index (κ2) is 5.01. The number of aromatic carboxylic acids is 1. The van der Waals surface area contributed by atoms with Crippen molar-refractivity contribution >= 4 is 5.97 Å². The second-order valence-electron chi connectivity index (χ2n) is 4.22. The van der Waals surface area contributed by atoms with Gasteiger partial charge in [0, 0.05) is 12.0 Å². The van der Waals surface area contributed by atoms with E-state index in [4.69, 9.17) is 9.63 Å². The molecule has 0 atom stereocenters. The van der Waals surface area contributed by atoms with Gasteiger partial charge in [-0.25, -0.2) is 9.48 Å². The molecule has 0 aliphatic heterocycles. The molecule has 19 heavy (non-hydrogen) atoms. The normalized spacial score (nSPS) is 10.9. The lowest BCUT2D eigenvalue weighted by molar-refractivity contribution is 0.0687. The summed E-state index contributed by atoms with van der Waals surface area (Å²) in [5.74, 6) is -0.390. The van der Waals surface area contributed by atoms with Crippen molar-refractivity contribution in [1.29, 1.82) is 0 Å². The van der Waals surface area contributed by atoms with E-state index in [0.717, 1.165) is 16.8 Å². The van der Waals surface area contributed by atoms with Gasteiger partial charge in [-0.15, -0.1) is 0 Å². The summed E-state index contributed by atoms with van der Waals surface area (Å²) in [5.41, 5.74) is -0.645. The highest BCUT2D eigenvalue weighted by Gasteiger charge is 2.12. The van der Waals surface area contributed by atoms with Gasteiger partial charge in [-0.05, 0) is 6.07 Å². The van der Waals surface area contributed by atoms with Crippen molar-refractivity contribution < 1.29 is 14.4 Å². The maximum atomic E-state index is 11.6. The lowest BCUT2D eigenvalue weighted by Crippen LogP contribution is -2.25. The summed E-state index contributed by atoms with van der Waals surface area (Å²) in [6.07, 6.45) is 0. The van der Waals surface area contributed by atoms with E-state index in [1.54, 1.807) is 0 Å². The Morgan fingerprint density at radius 1 is 1.47 bits per heavy atom. The molecule has 2 aromatic heterocycles. The average molecular weight is 264 g/mol. The third-order valence-electron chi connectivity index (χ3n) is 2.35. The molecular formula is C11H12N4O4. The molecule has 0 spiro atoms. The molecule has 0 radical (unpaired) electrons. The summed E-state index contributed by atoms with van der Waals surface area (Å²) in [6.45, 7) is 3.76. The maximum absolute atomic E-state index is 11.6. The summed E-state index contributed by atoms with van der Waals surface area (Å²) in [7, 11) is 0. The van der Waals surface area contributed by atoms with E-state index >= 15 is 0 Å². The van der Waals surface area contributed by atoms with Crippen LogP contribution in [0.1, 0.15) is 42.0 Å². The first-order valence-corrected chi connectivity index (χ1v) is 5.61. The fourth-order valence-electron chi connectivity index (χ4n) is 1.38. The van der Waals surface area contributed by atoms with Crippen molar-refractivity contribution in [2.45, 2.75) is 26.3 Å². The van der Waals surface area contributed by atoms with Crippen LogP contribution in [0.25, 0.3) is 0 Å². The minimum atomic E-state index is -1.20. The van der Waals surface area contributed by atoms with Crippen LogP contribution in [0.3, 0.4) is 0 Å². The van der Waals surface area contributed by atoms with Crippen LogP contribution in [0, 0.1) is 0 Å². The number of hydrogen-bond acceptors (Lipinski definition) is 6. The first-order valence-electron chi connectivity index (χ1n) is 5.61. The maximum Gasteiger partial charge on any atom is 0.356 e. The SMILES string of the molecule is CC(C)c1nc(Cn2nc(C(=O)O)ccc2=O)no1. The van der Waals surface area contributed by atoms with E-state index in [2.05, 4.69) is 15.2 Å². The highest BCUT2D eigenvalue weighted by Crippen LogP contribution is 2.10. The van der Waals surface area contributed by atoms with Crippen LogP contribution in [-0.2, 0) is 6.54 Å². The largest absolute Gasteiger partial charge is 0.476 e. The van der Waals surface area contributed by atoms with Crippen LogP contribution < -0.4 is 5.56 Å². The predicted molar refractivity (Wildman–Crippen MR) is 62.9 cm³/mol. The van der Waals surface area contributed by atoms with Crippen molar-refractivity contribution in [3.05, 3.63) is 39.9 Å². The van der Waals surface area contributed by atoms with Gasteiger partial charge in [0.2, 0.25) is 5.89 Å². The van der Waals surface area contributed by atoms with E-state index in [1.165, 1.54) is 0 Å². The van der Waals surface area contributed by atoms with Crippen LogP contribution in [0.15, 0.2) is 21.5 Å². The fraction of sp³-hybridized carbons (Fsp3) is 0.364. The molecule has 0 unspecified atom stereocenters. The zero-order chi connectivity index (χ0) is 14.0. The standard InChI is InChI=1S/C11H12N4O4/c1-6(2)10-12-8(14-19-10)5-15-9(16)4-3-7(13-15)11(17)18/h3-4,6H,5H2,1-2H3,(H,17,18). The first-order chi connectivity index (χ1) is 8.97. The fourth-order valence-corrected chi connectivity index (χ4v) is 1.38. The van der Waals surface area contributed by atoms with Gasteiger partial charge in [0.1, 0.15) is 6.54 Å². The Labute approximate surface area is 107 Å². The highest BCUT2D eigenvalue weighted by molar-refractivity contribution is 5.84. The number of hydrogen-bond donors (Lipinski definition) is 1. The molecule has 8 nitrogen and oxygen atoms in total. The molecule has 100 valence electrons. The Kier molecular flexibility index (Phi) is 3.41. The van der Waals surface area contributed by atoms with Crippen LogP contribution >= 0.6 is 0 Å². The van der Waals surface area contributed by atoms with Gasteiger partial charge < -0.3 is 9.63 Å². The predicted octanol–water partition coefficient (Wildman–Crippen LogP) is 0.496. The topological polar surface area (TPSA) is 111 Å². The third kappa shape index (κ3) is 2.84. The summed E-state index contributed by atoms with van der Waals surface area (Å²) in [4.78, 5) is 26.4. The van der Waals surface area contributed by atoms with Gasteiger partial charge in [0.05, 0.1) is 0 Å². The van der Waals surface area contributed by atoms with Gasteiger partial charge >= 0.3 is 5.97 Å². The van der Waals surface area contributed by atoms with Gasteiger partial charge in [-0.1, -0.05) is 19.0 Å². The second-order valence-corrected chi connectivity index (χ2v) is 4.22. The molecule has 0 aliphatic rings. The van der Waals surface area contributed by atoms with E-state index in [-0.39, 0.29) is 24.0 Å². The van der Waals surface area contributed by atoms with E-state index in [1.807, 2.05) is 13.8 Å². The Hall–Kier alpha value is -2.51. The lowest BCUT2D eigenvalue weighted by Gasteiger charge is -2.01. The number of aromatic nitrogens is 4. The minimum Gasteiger partial charge on any atom is -0.476 e. The summed E-state index contributed by atoms with van der Waals surface area (Å²) >= 11 is 0. The van der Waals surface area contributed by atoms with Gasteiger partial charge in [-0.2, -0.15) is 10.1 Å². The van der Waals surface area contributed by atoms with Gasteiger partial charge in [0.25, 0.3) is 5.56 Å². The summed E-state index contributed by atoms with van der Waals surface area (Å²) < 4.78 is 5.98. The Morgan fingerprint density at radius 2 is 2.21 bits per heavy atom. The molecule has 0 bridgehead atoms.